The van der Waals surface area contributed by atoms with Gasteiger partial charge >= 0.3 is 0 Å². The minimum atomic E-state index is -0.0394. The van der Waals surface area contributed by atoms with Crippen LogP contribution < -0.4 is 0 Å². The molecule has 1 fully saturated rings. The van der Waals surface area contributed by atoms with Crippen molar-refractivity contribution in [3.63, 3.8) is 0 Å². The van der Waals surface area contributed by atoms with Gasteiger partial charge in [-0.15, -0.1) is 0 Å². The summed E-state index contributed by atoms with van der Waals surface area (Å²) in [5.41, 5.74) is 4.58. The van der Waals surface area contributed by atoms with E-state index >= 15 is 0 Å². The molecule has 0 amide bonds. The second kappa shape index (κ2) is 6.83. The van der Waals surface area contributed by atoms with Gasteiger partial charge in [0.05, 0.1) is 24.3 Å². The van der Waals surface area contributed by atoms with Gasteiger partial charge in [-0.1, -0.05) is 36.4 Å². The Labute approximate surface area is 159 Å². The lowest BCUT2D eigenvalue weighted by Crippen LogP contribution is -2.40. The van der Waals surface area contributed by atoms with Gasteiger partial charge in [0.15, 0.2) is 5.82 Å². The van der Waals surface area contributed by atoms with Crippen LogP contribution in [-0.2, 0) is 23.3 Å². The molecule has 0 saturated carbocycles. The fraction of sp³-hybridized carbons (Fsp3) is 0.318. The van der Waals surface area contributed by atoms with Crippen molar-refractivity contribution >= 4 is 0 Å². The minimum absolute atomic E-state index is 0.0394. The van der Waals surface area contributed by atoms with Gasteiger partial charge in [0.25, 0.3) is 0 Å². The largest absolute Gasteiger partial charge is 0.376 e. The summed E-state index contributed by atoms with van der Waals surface area (Å²) in [4.78, 5) is 16.3. The molecular weight excluding hydrogens is 336 g/mol. The molecule has 2 aromatic heterocycles. The van der Waals surface area contributed by atoms with Crippen molar-refractivity contribution in [3.05, 3.63) is 77.9 Å². The highest BCUT2D eigenvalue weighted by molar-refractivity contribution is 5.55. The zero-order chi connectivity index (χ0) is 18.1. The summed E-state index contributed by atoms with van der Waals surface area (Å²) < 4.78 is 5.96. The number of ether oxygens (including phenoxy) is 1. The smallest absolute Gasteiger partial charge is 0.159 e. The van der Waals surface area contributed by atoms with Crippen LogP contribution in [0.25, 0.3) is 11.4 Å². The maximum atomic E-state index is 5.96. The van der Waals surface area contributed by atoms with Crippen molar-refractivity contribution in [3.8, 4) is 11.4 Å². The van der Waals surface area contributed by atoms with Crippen LogP contribution >= 0.6 is 0 Å². The van der Waals surface area contributed by atoms with Crippen LogP contribution in [0, 0.1) is 0 Å². The Morgan fingerprint density at radius 3 is 2.85 bits per heavy atom. The SMILES string of the molecule is c1ccc(-c2ncc3c(n2)C2(CCN(Cc4cccnc4)C2)COC3)cc1. The van der Waals surface area contributed by atoms with Gasteiger partial charge in [0, 0.05) is 42.8 Å². The first kappa shape index (κ1) is 16.5. The van der Waals surface area contributed by atoms with Gasteiger partial charge in [-0.2, -0.15) is 0 Å². The Hall–Kier alpha value is -2.63. The molecule has 3 aromatic rings. The zero-order valence-electron chi connectivity index (χ0n) is 15.2. The van der Waals surface area contributed by atoms with E-state index in [-0.39, 0.29) is 5.41 Å². The number of hydrogen-bond donors (Lipinski definition) is 0. The summed E-state index contributed by atoms with van der Waals surface area (Å²) in [5, 5.41) is 0. The van der Waals surface area contributed by atoms with E-state index in [0.717, 1.165) is 49.6 Å². The number of rotatable bonds is 3. The first-order valence-electron chi connectivity index (χ1n) is 9.43. The molecule has 5 nitrogen and oxygen atoms in total. The summed E-state index contributed by atoms with van der Waals surface area (Å²) in [5.74, 6) is 0.807. The van der Waals surface area contributed by atoms with E-state index in [1.807, 2.05) is 42.9 Å². The maximum Gasteiger partial charge on any atom is 0.159 e. The van der Waals surface area contributed by atoms with Gasteiger partial charge in [0.2, 0.25) is 0 Å². The number of nitrogens with zero attached hydrogens (tertiary/aromatic N) is 4. The molecule has 0 aliphatic carbocycles. The number of aromatic nitrogens is 3. The summed E-state index contributed by atoms with van der Waals surface area (Å²) in [6.45, 7) is 4.26. The van der Waals surface area contributed by atoms with Crippen LogP contribution in [-0.4, -0.2) is 39.5 Å². The van der Waals surface area contributed by atoms with E-state index in [2.05, 4.69) is 33.1 Å². The highest BCUT2D eigenvalue weighted by Crippen LogP contribution is 2.39. The predicted octanol–water partition coefficient (Wildman–Crippen LogP) is 3.21. The molecule has 1 saturated heterocycles. The Bertz CT molecular complexity index is 932. The topological polar surface area (TPSA) is 51.1 Å². The lowest BCUT2D eigenvalue weighted by molar-refractivity contribution is 0.0503. The molecule has 5 heteroatoms. The molecule has 27 heavy (non-hydrogen) atoms. The van der Waals surface area contributed by atoms with Crippen LogP contribution in [0.2, 0.25) is 0 Å². The molecule has 1 atom stereocenters. The second-order valence-electron chi connectivity index (χ2n) is 7.53. The van der Waals surface area contributed by atoms with Crippen LogP contribution in [0.15, 0.2) is 61.1 Å². The number of benzene rings is 1. The van der Waals surface area contributed by atoms with Gasteiger partial charge in [-0.05, 0) is 24.6 Å². The van der Waals surface area contributed by atoms with E-state index in [4.69, 9.17) is 9.72 Å². The van der Waals surface area contributed by atoms with E-state index in [0.29, 0.717) is 6.61 Å². The average molecular weight is 358 g/mol. The molecule has 0 radical (unpaired) electrons. The molecule has 1 spiro atoms. The van der Waals surface area contributed by atoms with Crippen LogP contribution in [0.3, 0.4) is 0 Å². The average Bonchev–Trinajstić information content (AvgIpc) is 3.12. The predicted molar refractivity (Wildman–Crippen MR) is 103 cm³/mol. The third-order valence-electron chi connectivity index (χ3n) is 5.60. The number of likely N-dealkylation sites (tertiary alicyclic amines) is 1. The number of pyridine rings is 1. The quantitative estimate of drug-likeness (QED) is 0.720. The summed E-state index contributed by atoms with van der Waals surface area (Å²) in [6.07, 6.45) is 6.79. The molecule has 1 aromatic carbocycles. The molecule has 5 rings (SSSR count). The highest BCUT2D eigenvalue weighted by atomic mass is 16.5. The summed E-state index contributed by atoms with van der Waals surface area (Å²) >= 11 is 0. The Morgan fingerprint density at radius 1 is 1.07 bits per heavy atom. The fourth-order valence-electron chi connectivity index (χ4n) is 4.28. The molecule has 4 heterocycles. The molecule has 136 valence electrons. The first-order chi connectivity index (χ1) is 13.3. The minimum Gasteiger partial charge on any atom is -0.376 e. The normalized spacial score (nSPS) is 22.1. The molecule has 0 N–H and O–H groups in total. The molecule has 2 aliphatic heterocycles. The fourth-order valence-corrected chi connectivity index (χ4v) is 4.28. The van der Waals surface area contributed by atoms with Gasteiger partial charge in [0.1, 0.15) is 0 Å². The van der Waals surface area contributed by atoms with Gasteiger partial charge < -0.3 is 4.74 Å². The van der Waals surface area contributed by atoms with E-state index < -0.39 is 0 Å². The molecule has 1 unspecified atom stereocenters. The number of hydrogen-bond acceptors (Lipinski definition) is 5. The van der Waals surface area contributed by atoms with Gasteiger partial charge in [-0.3, -0.25) is 9.88 Å². The standard InChI is InChI=1S/C22H22N4O/c1-2-6-18(7-3-1)21-24-12-19-14-27-16-22(20(19)25-21)8-10-26(15-22)13-17-5-4-9-23-11-17/h1-7,9,11-12H,8,10,13-16H2. The molecule has 0 bridgehead atoms. The van der Waals surface area contributed by atoms with Crippen LogP contribution in [0.5, 0.6) is 0 Å². The van der Waals surface area contributed by atoms with E-state index in [1.165, 1.54) is 11.3 Å². The highest BCUT2D eigenvalue weighted by Gasteiger charge is 2.44. The third-order valence-corrected chi connectivity index (χ3v) is 5.60. The van der Waals surface area contributed by atoms with Crippen molar-refractivity contribution in [2.75, 3.05) is 19.7 Å². The first-order valence-corrected chi connectivity index (χ1v) is 9.43. The van der Waals surface area contributed by atoms with E-state index in [9.17, 15) is 0 Å². The lowest BCUT2D eigenvalue weighted by Gasteiger charge is -2.34. The van der Waals surface area contributed by atoms with Crippen LogP contribution in [0.4, 0.5) is 0 Å². The lowest BCUT2D eigenvalue weighted by atomic mass is 9.80. The Balaban J connectivity index is 1.45. The van der Waals surface area contributed by atoms with Gasteiger partial charge in [-0.25, -0.2) is 9.97 Å². The van der Waals surface area contributed by atoms with Crippen molar-refractivity contribution in [2.45, 2.75) is 25.0 Å². The maximum absolute atomic E-state index is 5.96. The second-order valence-corrected chi connectivity index (χ2v) is 7.53. The third kappa shape index (κ3) is 3.13. The van der Waals surface area contributed by atoms with E-state index in [1.54, 1.807) is 0 Å². The van der Waals surface area contributed by atoms with Crippen molar-refractivity contribution in [1.82, 2.24) is 19.9 Å². The summed E-state index contributed by atoms with van der Waals surface area (Å²) in [7, 11) is 0. The zero-order valence-corrected chi connectivity index (χ0v) is 15.2. The number of fused-ring (bicyclic) bond motifs is 2. The van der Waals surface area contributed by atoms with Crippen molar-refractivity contribution in [2.24, 2.45) is 0 Å². The van der Waals surface area contributed by atoms with Crippen LogP contribution in [0.1, 0.15) is 23.2 Å². The Kier molecular flexibility index (Phi) is 4.19. The van der Waals surface area contributed by atoms with Crippen molar-refractivity contribution in [1.29, 1.82) is 0 Å². The van der Waals surface area contributed by atoms with Crippen molar-refractivity contribution < 1.29 is 4.74 Å². The summed E-state index contributed by atoms with van der Waals surface area (Å²) in [6, 6.07) is 14.3. The Morgan fingerprint density at radius 2 is 2.00 bits per heavy atom. The molecular formula is C22H22N4O. The monoisotopic (exact) mass is 358 g/mol. The molecule has 2 aliphatic rings.